The summed E-state index contributed by atoms with van der Waals surface area (Å²) in [5.41, 5.74) is 2.19. The summed E-state index contributed by atoms with van der Waals surface area (Å²) >= 11 is 6.17. The molecule has 2 aromatic heterocycles. The number of fused-ring (bicyclic) bond motifs is 4. The number of aromatic nitrogens is 1. The molecule has 4 aromatic rings. The van der Waals surface area contributed by atoms with Gasteiger partial charge in [0, 0.05) is 28.9 Å². The lowest BCUT2D eigenvalue weighted by atomic mass is 9.87. The number of benzene rings is 2. The van der Waals surface area contributed by atoms with Crippen LogP contribution < -0.4 is 16.0 Å². The number of rotatable bonds is 4. The maximum absolute atomic E-state index is 11.9. The first-order valence-electron chi connectivity index (χ1n) is 12.1. The summed E-state index contributed by atoms with van der Waals surface area (Å²) in [4.78, 5) is 26.1. The van der Waals surface area contributed by atoms with Gasteiger partial charge in [0.15, 0.2) is 0 Å². The van der Waals surface area contributed by atoms with Crippen LogP contribution in [0, 0.1) is 0 Å². The summed E-state index contributed by atoms with van der Waals surface area (Å²) in [6, 6.07) is 11.9. The molecule has 2 aromatic carbocycles. The van der Waals surface area contributed by atoms with Crippen molar-refractivity contribution in [1.82, 2.24) is 9.47 Å². The Balaban J connectivity index is 1.20. The zero-order chi connectivity index (χ0) is 24.3. The van der Waals surface area contributed by atoms with Crippen LogP contribution >= 0.6 is 11.6 Å². The molecule has 0 bridgehead atoms. The highest BCUT2D eigenvalue weighted by atomic mass is 35.5. The minimum absolute atomic E-state index is 0.138. The van der Waals surface area contributed by atoms with E-state index in [1.807, 2.05) is 6.07 Å². The van der Waals surface area contributed by atoms with Crippen LogP contribution in [-0.4, -0.2) is 34.7 Å². The van der Waals surface area contributed by atoms with E-state index in [4.69, 9.17) is 25.3 Å². The van der Waals surface area contributed by atoms with Crippen LogP contribution in [0.15, 0.2) is 54.9 Å². The maximum Gasteiger partial charge on any atom is 0.442 e. The Morgan fingerprint density at radius 3 is 2.69 bits per heavy atom. The molecule has 0 N–H and O–H groups in total. The van der Waals surface area contributed by atoms with Crippen molar-refractivity contribution in [3.8, 4) is 5.75 Å². The highest BCUT2D eigenvalue weighted by Crippen LogP contribution is 2.43. The Hall–Kier alpha value is -3.03. The first-order chi connectivity index (χ1) is 16.8. The van der Waals surface area contributed by atoms with E-state index >= 15 is 0 Å². The molecule has 7 nitrogen and oxygen atoms in total. The van der Waals surface area contributed by atoms with Crippen LogP contribution in [0.4, 0.5) is 0 Å². The molecule has 8 heteroatoms. The molecule has 1 saturated heterocycles. The Morgan fingerprint density at radius 1 is 1.09 bits per heavy atom. The van der Waals surface area contributed by atoms with Crippen molar-refractivity contribution in [3.63, 3.8) is 0 Å². The van der Waals surface area contributed by atoms with Crippen molar-refractivity contribution < 1.29 is 13.7 Å². The molecule has 1 fully saturated rings. The first-order valence-corrected chi connectivity index (χ1v) is 12.5. The van der Waals surface area contributed by atoms with Crippen molar-refractivity contribution in [2.75, 3.05) is 19.6 Å². The Bertz CT molecular complexity index is 1560. The third-order valence-corrected chi connectivity index (χ3v) is 7.54. The normalized spacial score (nSPS) is 18.3. The number of hydrogen-bond acceptors (Lipinski definition) is 6. The van der Waals surface area contributed by atoms with Gasteiger partial charge in [-0.2, -0.15) is 0 Å². The molecule has 182 valence electrons. The summed E-state index contributed by atoms with van der Waals surface area (Å²) in [5, 5.41) is 1.38. The molecular weight excluding hydrogens is 468 g/mol. The number of halogens is 1. The average molecular weight is 495 g/mol. The summed E-state index contributed by atoms with van der Waals surface area (Å²) in [5.74, 6) is 1.58. The molecule has 0 atom stereocenters. The zero-order valence-electron chi connectivity index (χ0n) is 19.8. The number of nitrogens with zero attached hydrogens (tertiary/aromatic N) is 2. The van der Waals surface area contributed by atoms with E-state index in [-0.39, 0.29) is 11.3 Å². The fourth-order valence-corrected chi connectivity index (χ4v) is 5.82. The van der Waals surface area contributed by atoms with Gasteiger partial charge in [-0.05, 0) is 75.4 Å². The number of piperidine rings is 1. The van der Waals surface area contributed by atoms with Gasteiger partial charge in [-0.1, -0.05) is 35.9 Å². The lowest BCUT2D eigenvalue weighted by Crippen LogP contribution is -2.34. The predicted octanol–water partition coefficient (Wildman–Crippen LogP) is 4.79. The van der Waals surface area contributed by atoms with E-state index < -0.39 is 11.3 Å². The fraction of sp³-hybridized carbons (Fsp3) is 0.407. The summed E-state index contributed by atoms with van der Waals surface area (Å²) in [6.45, 7) is 7.06. The van der Waals surface area contributed by atoms with Crippen molar-refractivity contribution in [1.29, 1.82) is 0 Å². The molecule has 2 aliphatic heterocycles. The van der Waals surface area contributed by atoms with Crippen molar-refractivity contribution in [3.05, 3.63) is 79.0 Å². The van der Waals surface area contributed by atoms with Gasteiger partial charge in [0.1, 0.15) is 11.4 Å². The summed E-state index contributed by atoms with van der Waals surface area (Å²) in [6.07, 6.45) is 3.75. The highest BCUT2D eigenvalue weighted by molar-refractivity contribution is 6.31. The Kier molecular flexibility index (Phi) is 5.31. The van der Waals surface area contributed by atoms with Gasteiger partial charge < -0.3 is 18.6 Å². The standard InChI is InChI=1S/C27H27ClN2O5/c1-27(2)15-17-4-3-5-19(23(17)34-27)16-8-11-29(12-9-16)13-10-21-20-7-6-18(28)14-22(20)30-24(21)33-25(31)26(32)35-30/h3-7,14,16H,8-13,15H2,1-2H3. The van der Waals surface area contributed by atoms with Crippen LogP contribution in [0.3, 0.4) is 0 Å². The topological polar surface area (TPSA) is 77.3 Å². The van der Waals surface area contributed by atoms with E-state index in [2.05, 4.69) is 36.9 Å². The van der Waals surface area contributed by atoms with Gasteiger partial charge >= 0.3 is 11.3 Å². The first kappa shape index (κ1) is 22.4. The van der Waals surface area contributed by atoms with Crippen LogP contribution in [0.5, 0.6) is 5.75 Å². The number of hydrogen-bond donors (Lipinski definition) is 0. The molecule has 0 saturated carbocycles. The number of ether oxygens (including phenoxy) is 1. The molecule has 6 rings (SSSR count). The van der Waals surface area contributed by atoms with Gasteiger partial charge in [-0.15, -0.1) is 4.57 Å². The Labute approximate surface area is 206 Å². The molecule has 35 heavy (non-hydrogen) atoms. The average Bonchev–Trinajstić information content (AvgIpc) is 3.30. The third-order valence-electron chi connectivity index (χ3n) is 7.30. The van der Waals surface area contributed by atoms with Crippen LogP contribution in [0.1, 0.15) is 49.3 Å². The number of para-hydroxylation sites is 1. The molecule has 0 unspecified atom stereocenters. The van der Waals surface area contributed by atoms with E-state index in [9.17, 15) is 9.59 Å². The van der Waals surface area contributed by atoms with Gasteiger partial charge in [0.25, 0.3) is 0 Å². The minimum Gasteiger partial charge on any atom is -0.487 e. The lowest BCUT2D eigenvalue weighted by molar-refractivity contribution is 0.135. The van der Waals surface area contributed by atoms with Gasteiger partial charge in [-0.25, -0.2) is 9.59 Å². The zero-order valence-corrected chi connectivity index (χ0v) is 20.6. The molecule has 0 amide bonds. The van der Waals surface area contributed by atoms with Crippen LogP contribution in [-0.2, 0) is 12.8 Å². The van der Waals surface area contributed by atoms with Crippen molar-refractivity contribution in [2.45, 2.75) is 51.0 Å². The quantitative estimate of drug-likeness (QED) is 0.380. The second-order valence-electron chi connectivity index (χ2n) is 10.2. The van der Waals surface area contributed by atoms with Crippen molar-refractivity contribution >= 4 is 28.2 Å². The molecule has 0 spiro atoms. The molecule has 0 radical (unpaired) electrons. The van der Waals surface area contributed by atoms with E-state index in [0.29, 0.717) is 22.9 Å². The monoisotopic (exact) mass is 494 g/mol. The largest absolute Gasteiger partial charge is 0.487 e. The van der Waals surface area contributed by atoms with E-state index in [0.717, 1.165) is 55.6 Å². The minimum atomic E-state index is -1.04. The van der Waals surface area contributed by atoms with E-state index in [1.165, 1.54) is 15.7 Å². The van der Waals surface area contributed by atoms with Gasteiger partial charge in [-0.3, -0.25) is 0 Å². The predicted molar refractivity (Wildman–Crippen MR) is 134 cm³/mol. The molecular formula is C27H27ClN2O5. The number of likely N-dealkylation sites (tertiary alicyclic amines) is 1. The second-order valence-corrected chi connectivity index (χ2v) is 10.7. The third kappa shape index (κ3) is 3.96. The summed E-state index contributed by atoms with van der Waals surface area (Å²) in [7, 11) is 0. The van der Waals surface area contributed by atoms with Gasteiger partial charge in [0.2, 0.25) is 5.71 Å². The van der Waals surface area contributed by atoms with E-state index in [1.54, 1.807) is 12.1 Å². The lowest BCUT2D eigenvalue weighted by Gasteiger charge is -2.33. The molecule has 0 aliphatic carbocycles. The second kappa shape index (κ2) is 8.28. The highest BCUT2D eigenvalue weighted by Gasteiger charge is 2.34. The van der Waals surface area contributed by atoms with Crippen LogP contribution in [0.25, 0.3) is 16.6 Å². The fourth-order valence-electron chi connectivity index (χ4n) is 5.66. The van der Waals surface area contributed by atoms with Crippen molar-refractivity contribution in [2.24, 2.45) is 0 Å². The molecule has 4 heterocycles. The van der Waals surface area contributed by atoms with Crippen LogP contribution in [0.2, 0.25) is 5.02 Å². The summed E-state index contributed by atoms with van der Waals surface area (Å²) < 4.78 is 18.2. The molecule has 2 aliphatic rings. The SMILES string of the molecule is CC1(C)Cc2cccc(C3CCN(CCc4c5ccc(Cl)cc5n5oc(=O)c(=O)oc45)CC3)c2O1. The van der Waals surface area contributed by atoms with Gasteiger partial charge in [0.05, 0.1) is 5.52 Å². The Morgan fingerprint density at radius 2 is 1.89 bits per heavy atom. The maximum atomic E-state index is 11.9. The smallest absolute Gasteiger partial charge is 0.442 e.